The Labute approximate surface area is 120 Å². The van der Waals surface area contributed by atoms with Gasteiger partial charge < -0.3 is 10.2 Å². The van der Waals surface area contributed by atoms with Crippen molar-refractivity contribution in [2.75, 3.05) is 20.1 Å². The lowest BCUT2D eigenvalue weighted by atomic mass is 9.97. The Bertz CT molecular complexity index is 460. The predicted octanol–water partition coefficient (Wildman–Crippen LogP) is 2.39. The molecule has 4 heteroatoms. The van der Waals surface area contributed by atoms with Crippen molar-refractivity contribution in [3.05, 3.63) is 35.6 Å². The van der Waals surface area contributed by atoms with E-state index in [4.69, 9.17) is 0 Å². The Hall–Kier alpha value is -1.42. The molecule has 110 valence electrons. The lowest BCUT2D eigenvalue weighted by Gasteiger charge is -2.25. The third-order valence-electron chi connectivity index (χ3n) is 4.13. The molecule has 0 bridgehead atoms. The standard InChI is InChI=1S/C16H23FN2O/c1-11(9-18-3)16(20)19-10-14(8-12(19)2)13-4-6-15(17)7-5-13/h4-7,11-12,14,18H,8-10H2,1-3H3. The Morgan fingerprint density at radius 2 is 2.10 bits per heavy atom. The van der Waals surface area contributed by atoms with E-state index in [9.17, 15) is 9.18 Å². The van der Waals surface area contributed by atoms with Crippen molar-refractivity contribution in [2.45, 2.75) is 32.2 Å². The van der Waals surface area contributed by atoms with Crippen LogP contribution in [0.3, 0.4) is 0 Å². The quantitative estimate of drug-likeness (QED) is 0.917. The first-order valence-electron chi connectivity index (χ1n) is 7.23. The van der Waals surface area contributed by atoms with Crippen molar-refractivity contribution in [2.24, 2.45) is 5.92 Å². The van der Waals surface area contributed by atoms with Gasteiger partial charge in [0.1, 0.15) is 5.82 Å². The first-order chi connectivity index (χ1) is 9.52. The van der Waals surface area contributed by atoms with Crippen LogP contribution < -0.4 is 5.32 Å². The number of carbonyl (C=O) groups excluding carboxylic acids is 1. The van der Waals surface area contributed by atoms with Crippen molar-refractivity contribution >= 4 is 5.91 Å². The van der Waals surface area contributed by atoms with Crippen LogP contribution in [0.2, 0.25) is 0 Å². The molecule has 1 aromatic rings. The Morgan fingerprint density at radius 3 is 2.70 bits per heavy atom. The molecular formula is C16H23FN2O. The lowest BCUT2D eigenvalue weighted by molar-refractivity contribution is -0.135. The fourth-order valence-electron chi connectivity index (χ4n) is 2.99. The van der Waals surface area contributed by atoms with Crippen LogP contribution in [-0.4, -0.2) is 37.0 Å². The fourth-order valence-corrected chi connectivity index (χ4v) is 2.99. The maximum absolute atomic E-state index is 13.0. The number of carbonyl (C=O) groups is 1. The highest BCUT2D eigenvalue weighted by Gasteiger charge is 2.34. The monoisotopic (exact) mass is 278 g/mol. The van der Waals surface area contributed by atoms with E-state index in [0.29, 0.717) is 12.5 Å². The molecule has 3 atom stereocenters. The molecule has 1 aliphatic rings. The van der Waals surface area contributed by atoms with Gasteiger partial charge in [-0.05, 0) is 38.1 Å². The highest BCUT2D eigenvalue weighted by molar-refractivity contribution is 5.79. The van der Waals surface area contributed by atoms with Crippen LogP contribution in [-0.2, 0) is 4.79 Å². The van der Waals surface area contributed by atoms with Gasteiger partial charge in [0.05, 0.1) is 0 Å². The normalized spacial score (nSPS) is 23.9. The van der Waals surface area contributed by atoms with E-state index >= 15 is 0 Å². The summed E-state index contributed by atoms with van der Waals surface area (Å²) < 4.78 is 13.0. The summed E-state index contributed by atoms with van der Waals surface area (Å²) in [6.45, 7) is 5.48. The van der Waals surface area contributed by atoms with E-state index in [1.54, 1.807) is 0 Å². The maximum atomic E-state index is 13.0. The largest absolute Gasteiger partial charge is 0.339 e. The molecule has 0 spiro atoms. The van der Waals surface area contributed by atoms with Gasteiger partial charge >= 0.3 is 0 Å². The SMILES string of the molecule is CNCC(C)C(=O)N1CC(c2ccc(F)cc2)CC1C. The van der Waals surface area contributed by atoms with Crippen LogP contribution in [0.15, 0.2) is 24.3 Å². The van der Waals surface area contributed by atoms with E-state index < -0.39 is 0 Å². The molecule has 0 aliphatic carbocycles. The molecule has 3 nitrogen and oxygen atoms in total. The number of nitrogens with zero attached hydrogens (tertiary/aromatic N) is 1. The van der Waals surface area contributed by atoms with E-state index in [1.807, 2.05) is 31.0 Å². The minimum Gasteiger partial charge on any atom is -0.339 e. The van der Waals surface area contributed by atoms with Crippen LogP contribution in [0.1, 0.15) is 31.7 Å². The summed E-state index contributed by atoms with van der Waals surface area (Å²) in [6, 6.07) is 6.90. The van der Waals surface area contributed by atoms with Gasteiger partial charge in [-0.2, -0.15) is 0 Å². The lowest BCUT2D eigenvalue weighted by Crippen LogP contribution is -2.40. The molecule has 1 saturated heterocycles. The Kier molecular flexibility index (Phi) is 4.76. The number of hydrogen-bond acceptors (Lipinski definition) is 2. The number of halogens is 1. The van der Waals surface area contributed by atoms with Crippen LogP contribution in [0.5, 0.6) is 0 Å². The zero-order chi connectivity index (χ0) is 14.7. The average molecular weight is 278 g/mol. The molecule has 1 aromatic carbocycles. The zero-order valence-corrected chi connectivity index (χ0v) is 12.4. The number of rotatable bonds is 4. The average Bonchev–Trinajstić information content (AvgIpc) is 2.81. The molecule has 1 aliphatic heterocycles. The molecule has 0 aromatic heterocycles. The second kappa shape index (κ2) is 6.35. The van der Waals surface area contributed by atoms with Crippen molar-refractivity contribution < 1.29 is 9.18 Å². The number of hydrogen-bond donors (Lipinski definition) is 1. The fraction of sp³-hybridized carbons (Fsp3) is 0.562. The third-order valence-corrected chi connectivity index (χ3v) is 4.13. The van der Waals surface area contributed by atoms with Crippen LogP contribution in [0, 0.1) is 11.7 Å². The summed E-state index contributed by atoms with van der Waals surface area (Å²) >= 11 is 0. The summed E-state index contributed by atoms with van der Waals surface area (Å²) in [6.07, 6.45) is 0.948. The molecule has 1 amide bonds. The van der Waals surface area contributed by atoms with Gasteiger partial charge in [-0.25, -0.2) is 4.39 Å². The van der Waals surface area contributed by atoms with E-state index in [1.165, 1.54) is 12.1 Å². The summed E-state index contributed by atoms with van der Waals surface area (Å²) in [4.78, 5) is 14.4. The number of benzene rings is 1. The smallest absolute Gasteiger partial charge is 0.226 e. The van der Waals surface area contributed by atoms with Gasteiger partial charge in [0.2, 0.25) is 5.91 Å². The summed E-state index contributed by atoms with van der Waals surface area (Å²) in [5.41, 5.74) is 1.12. The van der Waals surface area contributed by atoms with E-state index in [0.717, 1.165) is 18.5 Å². The predicted molar refractivity (Wildman–Crippen MR) is 78.0 cm³/mol. The molecule has 2 rings (SSSR count). The van der Waals surface area contributed by atoms with Crippen LogP contribution in [0.4, 0.5) is 4.39 Å². The third kappa shape index (κ3) is 3.18. The molecule has 20 heavy (non-hydrogen) atoms. The summed E-state index contributed by atoms with van der Waals surface area (Å²) in [5, 5.41) is 3.05. The second-order valence-corrected chi connectivity index (χ2v) is 5.78. The summed E-state index contributed by atoms with van der Waals surface area (Å²) in [5.74, 6) is 0.303. The number of likely N-dealkylation sites (tertiary alicyclic amines) is 1. The first-order valence-corrected chi connectivity index (χ1v) is 7.23. The van der Waals surface area contributed by atoms with Crippen molar-refractivity contribution in [1.82, 2.24) is 10.2 Å². The molecule has 3 unspecified atom stereocenters. The van der Waals surface area contributed by atoms with Crippen molar-refractivity contribution in [3.8, 4) is 0 Å². The molecule has 0 radical (unpaired) electrons. The van der Waals surface area contributed by atoms with Gasteiger partial charge in [-0.3, -0.25) is 4.79 Å². The van der Waals surface area contributed by atoms with Gasteiger partial charge in [-0.15, -0.1) is 0 Å². The molecular weight excluding hydrogens is 255 g/mol. The first kappa shape index (κ1) is 15.0. The maximum Gasteiger partial charge on any atom is 0.226 e. The van der Waals surface area contributed by atoms with Crippen molar-refractivity contribution in [1.29, 1.82) is 0 Å². The van der Waals surface area contributed by atoms with Gasteiger partial charge in [0.25, 0.3) is 0 Å². The van der Waals surface area contributed by atoms with Crippen molar-refractivity contribution in [3.63, 3.8) is 0 Å². The molecule has 1 heterocycles. The highest BCUT2D eigenvalue weighted by atomic mass is 19.1. The van der Waals surface area contributed by atoms with Crippen LogP contribution >= 0.6 is 0 Å². The number of amides is 1. The summed E-state index contributed by atoms with van der Waals surface area (Å²) in [7, 11) is 1.86. The zero-order valence-electron chi connectivity index (χ0n) is 12.4. The highest BCUT2D eigenvalue weighted by Crippen LogP contribution is 2.32. The Morgan fingerprint density at radius 1 is 1.45 bits per heavy atom. The topological polar surface area (TPSA) is 32.3 Å². The molecule has 1 N–H and O–H groups in total. The van der Waals surface area contributed by atoms with Gasteiger partial charge in [0, 0.05) is 31.0 Å². The Balaban J connectivity index is 2.05. The number of nitrogens with one attached hydrogen (secondary N) is 1. The minimum absolute atomic E-state index is 0.00517. The second-order valence-electron chi connectivity index (χ2n) is 5.78. The molecule has 0 saturated carbocycles. The van der Waals surface area contributed by atoms with Gasteiger partial charge in [-0.1, -0.05) is 19.1 Å². The van der Waals surface area contributed by atoms with E-state index in [2.05, 4.69) is 12.2 Å². The van der Waals surface area contributed by atoms with Gasteiger partial charge in [0.15, 0.2) is 0 Å². The molecule has 1 fully saturated rings. The minimum atomic E-state index is -0.213. The van der Waals surface area contributed by atoms with E-state index in [-0.39, 0.29) is 23.7 Å². The van der Waals surface area contributed by atoms with Crippen LogP contribution in [0.25, 0.3) is 0 Å².